The number of guanidine groups is 1. The summed E-state index contributed by atoms with van der Waals surface area (Å²) in [5.41, 5.74) is 4.70. The third kappa shape index (κ3) is 4.23. The highest BCUT2D eigenvalue weighted by Crippen LogP contribution is 2.22. The quantitative estimate of drug-likeness (QED) is 0.335. The molecule has 0 aliphatic carbocycles. The van der Waals surface area contributed by atoms with Crippen LogP contribution in [-0.4, -0.2) is 45.2 Å². The van der Waals surface area contributed by atoms with Gasteiger partial charge in [-0.2, -0.15) is 0 Å². The number of rotatable bonds is 7. The van der Waals surface area contributed by atoms with Crippen LogP contribution >= 0.6 is 0 Å². The van der Waals surface area contributed by atoms with Crippen molar-refractivity contribution in [2.75, 3.05) is 19.6 Å². The predicted molar refractivity (Wildman–Crippen MR) is 117 cm³/mol. The second-order valence-electron chi connectivity index (χ2n) is 7.04. The van der Waals surface area contributed by atoms with E-state index in [2.05, 4.69) is 64.1 Å². The Morgan fingerprint density at radius 1 is 1.10 bits per heavy atom. The van der Waals surface area contributed by atoms with Gasteiger partial charge in [0.15, 0.2) is 11.6 Å². The zero-order chi connectivity index (χ0) is 20.1. The monoisotopic (exact) mass is 389 g/mol. The van der Waals surface area contributed by atoms with Gasteiger partial charge in [-0.1, -0.05) is 18.2 Å². The Morgan fingerprint density at radius 2 is 2.03 bits per heavy atom. The van der Waals surface area contributed by atoms with E-state index in [0.29, 0.717) is 6.54 Å². The molecule has 29 heavy (non-hydrogen) atoms. The highest BCUT2D eigenvalue weighted by atomic mass is 15.2. The van der Waals surface area contributed by atoms with Crippen LogP contribution in [0, 0.1) is 6.92 Å². The SMILES string of the molecule is CCNC(=NCCc1nnc2ccccn12)NCCc1c[nH]c2cccc(C)c12. The first-order valence-corrected chi connectivity index (χ1v) is 10.1. The molecule has 0 fully saturated rings. The molecule has 0 bridgehead atoms. The van der Waals surface area contributed by atoms with Crippen molar-refractivity contribution < 1.29 is 0 Å². The van der Waals surface area contributed by atoms with E-state index in [1.54, 1.807) is 0 Å². The lowest BCUT2D eigenvalue weighted by atomic mass is 10.1. The third-order valence-corrected chi connectivity index (χ3v) is 5.02. The molecular formula is C22H27N7. The minimum absolute atomic E-state index is 0.650. The number of fused-ring (bicyclic) bond motifs is 2. The molecule has 150 valence electrons. The van der Waals surface area contributed by atoms with E-state index in [1.807, 2.05) is 28.8 Å². The summed E-state index contributed by atoms with van der Waals surface area (Å²) in [7, 11) is 0. The summed E-state index contributed by atoms with van der Waals surface area (Å²) in [4.78, 5) is 8.07. The number of aromatic amines is 1. The maximum Gasteiger partial charge on any atom is 0.191 e. The van der Waals surface area contributed by atoms with Crippen LogP contribution in [-0.2, 0) is 12.8 Å². The smallest absolute Gasteiger partial charge is 0.191 e. The number of benzene rings is 1. The first kappa shape index (κ1) is 19.0. The van der Waals surface area contributed by atoms with E-state index >= 15 is 0 Å². The largest absolute Gasteiger partial charge is 0.361 e. The lowest BCUT2D eigenvalue weighted by molar-refractivity contribution is 0.787. The van der Waals surface area contributed by atoms with Gasteiger partial charge in [0.2, 0.25) is 0 Å². The summed E-state index contributed by atoms with van der Waals surface area (Å²) in [6.07, 6.45) is 5.77. The number of pyridine rings is 1. The molecule has 3 N–H and O–H groups in total. The minimum Gasteiger partial charge on any atom is -0.361 e. The number of aryl methyl sites for hydroxylation is 1. The molecule has 0 aliphatic rings. The Morgan fingerprint density at radius 3 is 2.93 bits per heavy atom. The maximum atomic E-state index is 4.70. The zero-order valence-electron chi connectivity index (χ0n) is 16.9. The number of nitrogens with one attached hydrogen (secondary N) is 3. The minimum atomic E-state index is 0.650. The zero-order valence-corrected chi connectivity index (χ0v) is 16.9. The standard InChI is InChI=1S/C22H27N7/c1-3-23-22(25-13-11-20-28-27-19-9-4-5-14-29(19)20)24-12-10-17-15-26-18-8-6-7-16(2)21(17)18/h4-9,14-15,26H,3,10-13H2,1-2H3,(H2,23,24,25). The van der Waals surface area contributed by atoms with Crippen LogP contribution in [0.5, 0.6) is 0 Å². The first-order chi connectivity index (χ1) is 14.3. The predicted octanol–water partition coefficient (Wildman–Crippen LogP) is 2.86. The number of hydrogen-bond donors (Lipinski definition) is 3. The molecule has 0 radical (unpaired) electrons. The highest BCUT2D eigenvalue weighted by molar-refractivity contribution is 5.86. The van der Waals surface area contributed by atoms with Gasteiger partial charge < -0.3 is 15.6 Å². The first-order valence-electron chi connectivity index (χ1n) is 10.1. The number of aromatic nitrogens is 4. The van der Waals surface area contributed by atoms with Crippen LogP contribution < -0.4 is 10.6 Å². The van der Waals surface area contributed by atoms with Gasteiger partial charge >= 0.3 is 0 Å². The third-order valence-electron chi connectivity index (χ3n) is 5.02. The van der Waals surface area contributed by atoms with Crippen molar-refractivity contribution in [3.63, 3.8) is 0 Å². The number of nitrogens with zero attached hydrogens (tertiary/aromatic N) is 4. The lowest BCUT2D eigenvalue weighted by Gasteiger charge is -2.11. The van der Waals surface area contributed by atoms with Crippen molar-refractivity contribution in [2.24, 2.45) is 4.99 Å². The van der Waals surface area contributed by atoms with Gasteiger partial charge in [0.1, 0.15) is 5.82 Å². The average Bonchev–Trinajstić information content (AvgIpc) is 3.33. The van der Waals surface area contributed by atoms with E-state index in [9.17, 15) is 0 Å². The molecular weight excluding hydrogens is 362 g/mol. The fourth-order valence-electron chi connectivity index (χ4n) is 3.63. The Labute approximate surface area is 170 Å². The average molecular weight is 390 g/mol. The van der Waals surface area contributed by atoms with E-state index in [1.165, 1.54) is 22.0 Å². The summed E-state index contributed by atoms with van der Waals surface area (Å²) >= 11 is 0. The van der Waals surface area contributed by atoms with Crippen molar-refractivity contribution in [3.05, 3.63) is 65.7 Å². The molecule has 7 heteroatoms. The van der Waals surface area contributed by atoms with Gasteiger partial charge in [-0.15, -0.1) is 10.2 Å². The van der Waals surface area contributed by atoms with E-state index in [0.717, 1.165) is 43.4 Å². The summed E-state index contributed by atoms with van der Waals surface area (Å²) < 4.78 is 2.01. The number of H-pyrrole nitrogens is 1. The van der Waals surface area contributed by atoms with Gasteiger partial charge in [0.05, 0.1) is 0 Å². The van der Waals surface area contributed by atoms with Gasteiger partial charge in [-0.05, 0) is 49.6 Å². The summed E-state index contributed by atoms with van der Waals surface area (Å²) in [5, 5.41) is 16.6. The molecule has 0 spiro atoms. The number of aliphatic imine (C=N–C) groups is 1. The fourth-order valence-corrected chi connectivity index (χ4v) is 3.63. The molecule has 4 aromatic rings. The molecule has 4 rings (SSSR count). The van der Waals surface area contributed by atoms with E-state index < -0.39 is 0 Å². The van der Waals surface area contributed by atoms with Crippen molar-refractivity contribution in [1.29, 1.82) is 0 Å². The molecule has 7 nitrogen and oxygen atoms in total. The van der Waals surface area contributed by atoms with Crippen LogP contribution in [0.1, 0.15) is 23.9 Å². The molecule has 0 atom stereocenters. The van der Waals surface area contributed by atoms with Crippen molar-refractivity contribution in [3.8, 4) is 0 Å². The molecule has 3 heterocycles. The molecule has 0 amide bonds. The van der Waals surface area contributed by atoms with Crippen molar-refractivity contribution in [2.45, 2.75) is 26.7 Å². The normalized spacial score (nSPS) is 12.0. The second-order valence-corrected chi connectivity index (χ2v) is 7.04. The molecule has 3 aromatic heterocycles. The topological polar surface area (TPSA) is 82.4 Å². The fraction of sp³-hybridized carbons (Fsp3) is 0.318. The van der Waals surface area contributed by atoms with Crippen LogP contribution in [0.3, 0.4) is 0 Å². The lowest BCUT2D eigenvalue weighted by Crippen LogP contribution is -2.38. The van der Waals surface area contributed by atoms with Crippen LogP contribution in [0.2, 0.25) is 0 Å². The van der Waals surface area contributed by atoms with Gasteiger partial charge in [0, 0.05) is 49.4 Å². The molecule has 0 saturated carbocycles. The van der Waals surface area contributed by atoms with E-state index in [4.69, 9.17) is 4.99 Å². The Balaban J connectivity index is 1.36. The van der Waals surface area contributed by atoms with Crippen LogP contribution in [0.25, 0.3) is 16.6 Å². The van der Waals surface area contributed by atoms with Crippen LogP contribution in [0.4, 0.5) is 0 Å². The Kier molecular flexibility index (Phi) is 5.74. The summed E-state index contributed by atoms with van der Waals surface area (Å²) in [5.74, 6) is 1.76. The maximum absolute atomic E-state index is 4.70. The number of hydrogen-bond acceptors (Lipinski definition) is 3. The van der Waals surface area contributed by atoms with Gasteiger partial charge in [-0.3, -0.25) is 9.39 Å². The van der Waals surface area contributed by atoms with Crippen LogP contribution in [0.15, 0.2) is 53.8 Å². The summed E-state index contributed by atoms with van der Waals surface area (Å²) in [6.45, 7) is 6.53. The molecule has 0 saturated heterocycles. The Bertz CT molecular complexity index is 1120. The second kappa shape index (κ2) is 8.77. The molecule has 0 unspecified atom stereocenters. The highest BCUT2D eigenvalue weighted by Gasteiger charge is 2.07. The van der Waals surface area contributed by atoms with Crippen molar-refractivity contribution in [1.82, 2.24) is 30.2 Å². The van der Waals surface area contributed by atoms with Crippen molar-refractivity contribution >= 4 is 22.5 Å². The van der Waals surface area contributed by atoms with Gasteiger partial charge in [-0.25, -0.2) is 0 Å². The van der Waals surface area contributed by atoms with E-state index in [-0.39, 0.29) is 0 Å². The molecule has 0 aliphatic heterocycles. The molecule has 1 aromatic carbocycles. The summed E-state index contributed by atoms with van der Waals surface area (Å²) in [6, 6.07) is 12.3. The Hall–Kier alpha value is -3.35. The van der Waals surface area contributed by atoms with Gasteiger partial charge in [0.25, 0.3) is 0 Å².